The van der Waals surface area contributed by atoms with E-state index in [1.165, 1.54) is 60.9 Å². The number of nitrogens with zero attached hydrogens (tertiary/aromatic N) is 4. The molecule has 0 aliphatic carbocycles. The number of halogens is 3. The van der Waals surface area contributed by atoms with Crippen molar-refractivity contribution in [3.63, 3.8) is 0 Å². The van der Waals surface area contributed by atoms with E-state index in [0.717, 1.165) is 29.9 Å². The maximum atomic E-state index is 12.7. The summed E-state index contributed by atoms with van der Waals surface area (Å²) >= 11 is 14.9. The molecule has 0 bridgehead atoms. The number of nitrogens with one attached hydrogen (secondary N) is 2. The summed E-state index contributed by atoms with van der Waals surface area (Å²) in [5.41, 5.74) is 14.3. The van der Waals surface area contributed by atoms with Gasteiger partial charge in [0.15, 0.2) is 23.2 Å². The number of hydrogen-bond acceptors (Lipinski definition) is 16. The first-order valence-electron chi connectivity index (χ1n) is 20.7. The first kappa shape index (κ1) is 54.8. The van der Waals surface area contributed by atoms with Crippen molar-refractivity contribution in [2.24, 2.45) is 0 Å². The van der Waals surface area contributed by atoms with Crippen LogP contribution in [0, 0.1) is 0 Å². The Morgan fingerprint density at radius 3 is 1.41 bits per heavy atom. The van der Waals surface area contributed by atoms with Gasteiger partial charge < -0.3 is 20.8 Å². The maximum Gasteiger partial charge on any atom is 0.494 e. The van der Waals surface area contributed by atoms with E-state index in [0.29, 0.717) is 26.4 Å². The highest BCUT2D eigenvalue weighted by molar-refractivity contribution is 9.10. The van der Waals surface area contributed by atoms with Gasteiger partial charge in [0.05, 0.1) is 39.1 Å². The molecule has 1 saturated heterocycles. The summed E-state index contributed by atoms with van der Waals surface area (Å²) in [6, 6.07) is 25.7. The zero-order valence-electron chi connectivity index (χ0n) is 38.4. The van der Waals surface area contributed by atoms with Gasteiger partial charge in [-0.1, -0.05) is 71.7 Å². The topological polar surface area (TPSA) is 283 Å². The monoisotopic (exact) mass is 1090 g/mol. The first-order valence-corrected chi connectivity index (χ1v) is 25.3. The fourth-order valence-electron chi connectivity index (χ4n) is 6.15. The molecule has 0 atom stereocenters. The molecule has 0 saturated carbocycles. The number of hydrogen-bond donors (Lipinski definition) is 4. The number of sulfonamides is 2. The molecule has 1 fully saturated rings. The largest absolute Gasteiger partial charge is 0.494 e. The van der Waals surface area contributed by atoms with Crippen LogP contribution >= 0.6 is 39.1 Å². The first-order chi connectivity index (χ1) is 32.7. The molecule has 0 spiro atoms. The molecule has 1 aliphatic heterocycles. The van der Waals surface area contributed by atoms with Gasteiger partial charge in [-0.25, -0.2) is 46.2 Å². The minimum Gasteiger partial charge on any atom is -0.399 e. The summed E-state index contributed by atoms with van der Waals surface area (Å²) in [5.74, 6) is -2.07. The Bertz CT molecular complexity index is 3120. The second kappa shape index (κ2) is 22.7. The predicted octanol–water partition coefficient (Wildman–Crippen LogP) is 6.34. The SMILES string of the molecule is CC(=O)NS(=O)(=O)c1ccc(CC(=O)c2nc(-c3ccc(Cl)cc3)cnc2N)cc1.CC(=O)NS(=O)(=O)c1ccc(CC(=O)c2nc(Br)cnc2N)cc1.CC1(C)OB(c2ccc(Cl)cc2)OC1(C)C. The molecular formula is C46H46BBrCl2N8O10S2. The van der Waals surface area contributed by atoms with E-state index < -0.39 is 31.9 Å². The minimum absolute atomic E-state index is 0.00238. The highest BCUT2D eigenvalue weighted by Gasteiger charge is 2.51. The summed E-state index contributed by atoms with van der Waals surface area (Å²) in [6.45, 7) is 10.4. The lowest BCUT2D eigenvalue weighted by Crippen LogP contribution is -2.41. The van der Waals surface area contributed by atoms with E-state index in [1.807, 2.05) is 61.4 Å². The van der Waals surface area contributed by atoms with E-state index >= 15 is 0 Å². The Kier molecular flexibility index (Phi) is 17.8. The zero-order valence-corrected chi connectivity index (χ0v) is 43.1. The summed E-state index contributed by atoms with van der Waals surface area (Å²) in [4.78, 5) is 62.9. The molecule has 1 aliphatic rings. The van der Waals surface area contributed by atoms with Crippen LogP contribution in [-0.4, -0.2) is 78.5 Å². The normalized spacial score (nSPS) is 13.7. The average Bonchev–Trinajstić information content (AvgIpc) is 3.50. The van der Waals surface area contributed by atoms with Crippen molar-refractivity contribution in [3.8, 4) is 11.3 Å². The third-order valence-electron chi connectivity index (χ3n) is 10.4. The van der Waals surface area contributed by atoms with Crippen LogP contribution in [0.25, 0.3) is 11.3 Å². The summed E-state index contributed by atoms with van der Waals surface area (Å²) in [6.07, 6.45) is 2.78. The highest BCUT2D eigenvalue weighted by Crippen LogP contribution is 2.36. The minimum atomic E-state index is -3.94. The van der Waals surface area contributed by atoms with Crippen molar-refractivity contribution in [1.82, 2.24) is 29.4 Å². The molecule has 4 aromatic carbocycles. The number of nitrogen functional groups attached to an aromatic ring is 2. The summed E-state index contributed by atoms with van der Waals surface area (Å²) < 4.78 is 63.6. The lowest BCUT2D eigenvalue weighted by Gasteiger charge is -2.32. The van der Waals surface area contributed by atoms with Gasteiger partial charge in [0, 0.05) is 42.3 Å². The summed E-state index contributed by atoms with van der Waals surface area (Å²) in [5, 5.41) is 1.29. The van der Waals surface area contributed by atoms with E-state index in [1.54, 1.807) is 24.3 Å². The fraction of sp³-hybridized carbons (Fsp3) is 0.217. The van der Waals surface area contributed by atoms with Crippen molar-refractivity contribution < 1.29 is 45.3 Å². The van der Waals surface area contributed by atoms with Crippen LogP contribution in [-0.2, 0) is 51.8 Å². The molecular weight excluding hydrogens is 1050 g/mol. The van der Waals surface area contributed by atoms with Crippen LogP contribution in [0.15, 0.2) is 124 Å². The molecule has 3 heterocycles. The fourth-order valence-corrected chi connectivity index (χ4v) is 8.66. The van der Waals surface area contributed by atoms with Crippen LogP contribution in [0.3, 0.4) is 0 Å². The van der Waals surface area contributed by atoms with Gasteiger partial charge >= 0.3 is 7.12 Å². The van der Waals surface area contributed by atoms with Crippen LogP contribution in [0.1, 0.15) is 73.6 Å². The van der Waals surface area contributed by atoms with Crippen molar-refractivity contribution >= 4 is 107 Å². The molecule has 70 heavy (non-hydrogen) atoms. The predicted molar refractivity (Wildman–Crippen MR) is 269 cm³/mol. The van der Waals surface area contributed by atoms with E-state index in [4.69, 9.17) is 44.0 Å². The number of ketones is 2. The number of carbonyl (C=O) groups excluding carboxylic acids is 4. The van der Waals surface area contributed by atoms with Gasteiger partial charge in [-0.2, -0.15) is 0 Å². The molecule has 6 aromatic rings. The number of aromatic nitrogens is 4. The Hall–Kier alpha value is -6.14. The smallest absolute Gasteiger partial charge is 0.399 e. The average molecular weight is 1100 g/mol. The molecule has 7 rings (SSSR count). The molecule has 366 valence electrons. The Balaban J connectivity index is 0.000000205. The third kappa shape index (κ3) is 14.7. The Labute approximate surface area is 423 Å². The van der Waals surface area contributed by atoms with Gasteiger partial charge in [-0.3, -0.25) is 19.2 Å². The lowest BCUT2D eigenvalue weighted by atomic mass is 9.79. The lowest BCUT2D eigenvalue weighted by molar-refractivity contribution is -0.118. The third-order valence-corrected chi connectivity index (χ3v) is 14.2. The molecule has 24 heteroatoms. The van der Waals surface area contributed by atoms with E-state index in [-0.39, 0.29) is 75.5 Å². The van der Waals surface area contributed by atoms with Crippen LogP contribution in [0.4, 0.5) is 11.6 Å². The number of benzene rings is 4. The van der Waals surface area contributed by atoms with Gasteiger partial charge in [-0.05, 0) is 109 Å². The number of Topliss-reactive ketones (excluding diaryl/α,β-unsaturated/α-hetero) is 2. The zero-order chi connectivity index (χ0) is 51.8. The van der Waals surface area contributed by atoms with Gasteiger partial charge in [0.2, 0.25) is 11.8 Å². The number of nitrogens with two attached hydrogens (primary N) is 2. The molecule has 2 amide bonds. The van der Waals surface area contributed by atoms with Gasteiger partial charge in [0.25, 0.3) is 20.0 Å². The van der Waals surface area contributed by atoms with Crippen molar-refractivity contribution in [2.75, 3.05) is 11.5 Å². The van der Waals surface area contributed by atoms with E-state index in [2.05, 4.69) is 35.9 Å². The Morgan fingerprint density at radius 1 is 0.614 bits per heavy atom. The van der Waals surface area contributed by atoms with E-state index in [9.17, 15) is 36.0 Å². The quantitative estimate of drug-likeness (QED) is 0.0768. The molecule has 18 nitrogen and oxygen atoms in total. The number of carbonyl (C=O) groups is 4. The number of anilines is 2. The second-order valence-corrected chi connectivity index (χ2v) is 21.4. The number of rotatable bonds is 12. The molecule has 2 aromatic heterocycles. The van der Waals surface area contributed by atoms with Gasteiger partial charge in [0.1, 0.15) is 16.0 Å². The van der Waals surface area contributed by atoms with Crippen molar-refractivity contribution in [1.29, 1.82) is 0 Å². The standard InChI is InChI=1S/C20H17ClN4O4S.C14H13BrN4O4S.C12H16BClO2/c1-12(26)25-30(28,29)16-8-2-13(3-9-16)10-18(27)19-20(22)23-11-17(24-19)14-4-6-15(21)7-5-14;1-8(20)19-24(22,23)10-4-2-9(3-5-10)6-11(21)13-14(16)17-7-12(15)18-13;1-11(2)12(3,4)16-13(15-11)9-5-7-10(14)8-6-9/h2-9,11H,10H2,1H3,(H2,22,23)(H,25,26);2-5,7H,6H2,1H3,(H2,16,17)(H,19,20);5-8H,1-4H3. The molecule has 0 unspecified atom stereocenters. The van der Waals surface area contributed by atoms with Crippen LogP contribution < -0.4 is 26.4 Å². The van der Waals surface area contributed by atoms with Crippen molar-refractivity contribution in [3.05, 3.63) is 147 Å². The maximum absolute atomic E-state index is 12.7. The van der Waals surface area contributed by atoms with Crippen molar-refractivity contribution in [2.45, 2.75) is 75.4 Å². The van der Waals surface area contributed by atoms with Gasteiger partial charge in [-0.15, -0.1) is 0 Å². The summed E-state index contributed by atoms with van der Waals surface area (Å²) in [7, 11) is -8.14. The molecule has 0 radical (unpaired) electrons. The molecule has 6 N–H and O–H groups in total. The highest BCUT2D eigenvalue weighted by atomic mass is 79.9. The van der Waals surface area contributed by atoms with Crippen LogP contribution in [0.2, 0.25) is 10.0 Å². The number of amides is 2. The van der Waals surface area contributed by atoms with Crippen LogP contribution in [0.5, 0.6) is 0 Å². The Morgan fingerprint density at radius 2 is 1.00 bits per heavy atom. The second-order valence-electron chi connectivity index (χ2n) is 16.4.